The van der Waals surface area contributed by atoms with E-state index in [1.807, 2.05) is 6.92 Å². The molecule has 0 aliphatic heterocycles. The second-order valence-electron chi connectivity index (χ2n) is 3.55. The molecule has 0 aliphatic carbocycles. The van der Waals surface area contributed by atoms with Crippen LogP contribution in [0.5, 0.6) is 0 Å². The van der Waals surface area contributed by atoms with Crippen molar-refractivity contribution >= 4 is 0 Å². The molecule has 0 fully saturated rings. The fourth-order valence-corrected chi connectivity index (χ4v) is 1.33. The van der Waals surface area contributed by atoms with Gasteiger partial charge in [0.05, 0.1) is 6.54 Å². The molecule has 1 N–H and O–H groups in total. The average Bonchev–Trinajstić information content (AvgIpc) is 2.59. The molecule has 0 saturated carbocycles. The molecule has 0 aromatic carbocycles. The highest BCUT2D eigenvalue weighted by atomic mass is 16.5. The maximum absolute atomic E-state index is 11.4. The normalized spacial score (nSPS) is 10.9. The second-order valence-corrected chi connectivity index (χ2v) is 3.55. The summed E-state index contributed by atoms with van der Waals surface area (Å²) in [7, 11) is 1.70. The van der Waals surface area contributed by atoms with E-state index in [4.69, 9.17) is 4.74 Å². The summed E-state index contributed by atoms with van der Waals surface area (Å²) in [4.78, 5) is 11.4. The zero-order chi connectivity index (χ0) is 11.8. The summed E-state index contributed by atoms with van der Waals surface area (Å²) >= 11 is 0. The Kier molecular flexibility index (Phi) is 5.81. The van der Waals surface area contributed by atoms with Crippen LogP contribution in [0.1, 0.15) is 13.3 Å². The lowest BCUT2D eigenvalue weighted by Gasteiger charge is -2.04. The molecule has 0 spiro atoms. The second kappa shape index (κ2) is 7.19. The van der Waals surface area contributed by atoms with Crippen molar-refractivity contribution in [1.82, 2.24) is 19.7 Å². The number of nitrogens with zero attached hydrogens (tertiary/aromatic N) is 3. The van der Waals surface area contributed by atoms with E-state index in [2.05, 4.69) is 10.4 Å². The third-order valence-corrected chi connectivity index (χ3v) is 2.23. The van der Waals surface area contributed by atoms with E-state index in [0.29, 0.717) is 6.54 Å². The van der Waals surface area contributed by atoms with E-state index in [9.17, 15) is 4.79 Å². The summed E-state index contributed by atoms with van der Waals surface area (Å²) in [6.45, 7) is 5.80. The molecule has 0 bridgehead atoms. The van der Waals surface area contributed by atoms with Gasteiger partial charge < -0.3 is 10.1 Å². The Bertz CT molecular complexity index is 345. The molecule has 0 amide bonds. The Morgan fingerprint density at radius 3 is 2.94 bits per heavy atom. The largest absolute Gasteiger partial charge is 0.382 e. The highest BCUT2D eigenvalue weighted by Gasteiger charge is 1.99. The summed E-state index contributed by atoms with van der Waals surface area (Å²) in [6.07, 6.45) is 2.52. The minimum Gasteiger partial charge on any atom is -0.382 e. The SMILES string of the molecule is CCOCCCNCCn1ncn(C)c1=O. The summed E-state index contributed by atoms with van der Waals surface area (Å²) in [5.41, 5.74) is -0.0730. The molecule has 1 rings (SSSR count). The third kappa shape index (κ3) is 4.16. The van der Waals surface area contributed by atoms with E-state index in [0.717, 1.165) is 32.7 Å². The van der Waals surface area contributed by atoms with Crippen molar-refractivity contribution < 1.29 is 4.74 Å². The van der Waals surface area contributed by atoms with Gasteiger partial charge in [0.2, 0.25) is 0 Å². The van der Waals surface area contributed by atoms with E-state index in [1.54, 1.807) is 7.05 Å². The van der Waals surface area contributed by atoms with E-state index in [-0.39, 0.29) is 5.69 Å². The number of hydrogen-bond acceptors (Lipinski definition) is 4. The summed E-state index contributed by atoms with van der Waals surface area (Å²) in [5.74, 6) is 0. The van der Waals surface area contributed by atoms with E-state index >= 15 is 0 Å². The fourth-order valence-electron chi connectivity index (χ4n) is 1.33. The highest BCUT2D eigenvalue weighted by molar-refractivity contribution is 4.65. The number of rotatable bonds is 8. The fraction of sp³-hybridized carbons (Fsp3) is 0.800. The Balaban J connectivity index is 2.07. The van der Waals surface area contributed by atoms with Crippen LogP contribution in [0.2, 0.25) is 0 Å². The van der Waals surface area contributed by atoms with Gasteiger partial charge in [-0.15, -0.1) is 0 Å². The van der Waals surface area contributed by atoms with Gasteiger partial charge in [0.25, 0.3) is 0 Å². The number of hydrogen-bond donors (Lipinski definition) is 1. The summed E-state index contributed by atoms with van der Waals surface area (Å²) in [5, 5.41) is 7.21. The van der Waals surface area contributed by atoms with Gasteiger partial charge in [-0.25, -0.2) is 9.48 Å². The summed E-state index contributed by atoms with van der Waals surface area (Å²) in [6, 6.07) is 0. The number of aryl methyl sites for hydroxylation is 1. The van der Waals surface area contributed by atoms with Gasteiger partial charge in [0.1, 0.15) is 6.33 Å². The van der Waals surface area contributed by atoms with Crippen LogP contribution >= 0.6 is 0 Å². The van der Waals surface area contributed by atoms with Gasteiger partial charge in [0.15, 0.2) is 0 Å². The predicted molar refractivity (Wildman–Crippen MR) is 61.4 cm³/mol. The average molecular weight is 228 g/mol. The Labute approximate surface area is 95.2 Å². The maximum atomic E-state index is 11.4. The van der Waals surface area contributed by atoms with Crippen molar-refractivity contribution in [3.8, 4) is 0 Å². The molecule has 1 heterocycles. The molecule has 0 unspecified atom stereocenters. The quantitative estimate of drug-likeness (QED) is 0.615. The van der Waals surface area contributed by atoms with Crippen LogP contribution in [0.3, 0.4) is 0 Å². The van der Waals surface area contributed by atoms with Gasteiger partial charge in [-0.05, 0) is 19.9 Å². The number of nitrogens with one attached hydrogen (secondary N) is 1. The molecule has 0 saturated heterocycles. The first-order valence-electron chi connectivity index (χ1n) is 5.62. The standard InChI is InChI=1S/C10H20N4O2/c1-3-16-8-4-5-11-6-7-14-10(15)13(2)9-12-14/h9,11H,3-8H2,1-2H3. The van der Waals surface area contributed by atoms with Crippen molar-refractivity contribution in [3.63, 3.8) is 0 Å². The van der Waals surface area contributed by atoms with Crippen molar-refractivity contribution in [3.05, 3.63) is 16.8 Å². The van der Waals surface area contributed by atoms with Crippen LogP contribution in [0, 0.1) is 0 Å². The first-order valence-corrected chi connectivity index (χ1v) is 5.62. The first-order chi connectivity index (χ1) is 7.75. The van der Waals surface area contributed by atoms with Gasteiger partial charge in [-0.1, -0.05) is 0 Å². The molecule has 1 aromatic heterocycles. The molecule has 16 heavy (non-hydrogen) atoms. The smallest absolute Gasteiger partial charge is 0.345 e. The zero-order valence-corrected chi connectivity index (χ0v) is 9.98. The van der Waals surface area contributed by atoms with E-state index in [1.165, 1.54) is 15.6 Å². The molecule has 6 heteroatoms. The first kappa shape index (κ1) is 12.9. The molecule has 0 atom stereocenters. The Hall–Kier alpha value is -1.14. The molecule has 0 aliphatic rings. The van der Waals surface area contributed by atoms with Crippen LogP contribution < -0.4 is 11.0 Å². The molecule has 0 radical (unpaired) electrons. The van der Waals surface area contributed by atoms with Crippen molar-refractivity contribution in [2.24, 2.45) is 7.05 Å². The monoisotopic (exact) mass is 228 g/mol. The van der Waals surface area contributed by atoms with Crippen molar-refractivity contribution in [2.75, 3.05) is 26.3 Å². The maximum Gasteiger partial charge on any atom is 0.345 e. The lowest BCUT2D eigenvalue weighted by molar-refractivity contribution is 0.144. The van der Waals surface area contributed by atoms with Crippen LogP contribution in [0.4, 0.5) is 0 Å². The van der Waals surface area contributed by atoms with E-state index < -0.39 is 0 Å². The van der Waals surface area contributed by atoms with Crippen LogP contribution in [0.25, 0.3) is 0 Å². The lowest BCUT2D eigenvalue weighted by Crippen LogP contribution is -2.29. The Morgan fingerprint density at radius 2 is 2.31 bits per heavy atom. The number of ether oxygens (including phenoxy) is 1. The lowest BCUT2D eigenvalue weighted by atomic mass is 10.4. The zero-order valence-electron chi connectivity index (χ0n) is 9.98. The predicted octanol–water partition coefficient (Wildman–Crippen LogP) is -0.402. The minimum atomic E-state index is -0.0730. The molecular formula is C10H20N4O2. The Morgan fingerprint density at radius 1 is 1.50 bits per heavy atom. The van der Waals surface area contributed by atoms with Gasteiger partial charge in [-0.2, -0.15) is 5.10 Å². The molecule has 92 valence electrons. The molecule has 6 nitrogen and oxygen atoms in total. The minimum absolute atomic E-state index is 0.0730. The summed E-state index contributed by atoms with van der Waals surface area (Å²) < 4.78 is 8.13. The van der Waals surface area contributed by atoms with Crippen molar-refractivity contribution in [2.45, 2.75) is 19.9 Å². The topological polar surface area (TPSA) is 61.1 Å². The van der Waals surface area contributed by atoms with Crippen LogP contribution in [-0.2, 0) is 18.3 Å². The molecule has 1 aromatic rings. The van der Waals surface area contributed by atoms with Crippen LogP contribution in [0.15, 0.2) is 11.1 Å². The van der Waals surface area contributed by atoms with Gasteiger partial charge in [-0.3, -0.25) is 4.57 Å². The van der Waals surface area contributed by atoms with Gasteiger partial charge >= 0.3 is 5.69 Å². The third-order valence-electron chi connectivity index (χ3n) is 2.23. The van der Waals surface area contributed by atoms with Crippen LogP contribution in [-0.4, -0.2) is 40.7 Å². The van der Waals surface area contributed by atoms with Crippen molar-refractivity contribution in [1.29, 1.82) is 0 Å². The number of aromatic nitrogens is 3. The van der Waals surface area contributed by atoms with Gasteiger partial charge in [0, 0.05) is 26.8 Å². The highest BCUT2D eigenvalue weighted by Crippen LogP contribution is 1.80. The molecular weight excluding hydrogens is 208 g/mol.